The van der Waals surface area contributed by atoms with E-state index in [1.54, 1.807) is 7.11 Å². The number of hydrogen-bond acceptors (Lipinski definition) is 5. The first-order valence-corrected chi connectivity index (χ1v) is 9.79. The van der Waals surface area contributed by atoms with Gasteiger partial charge in [-0.3, -0.25) is 9.59 Å². The molecule has 0 aliphatic rings. The largest absolute Gasteiger partial charge is 0.383 e. The van der Waals surface area contributed by atoms with E-state index in [9.17, 15) is 9.59 Å². The van der Waals surface area contributed by atoms with Gasteiger partial charge in [-0.2, -0.15) is 0 Å². The summed E-state index contributed by atoms with van der Waals surface area (Å²) in [5, 5.41) is 0.496. The molecule has 2 rings (SSSR count). The van der Waals surface area contributed by atoms with Crippen molar-refractivity contribution in [2.45, 2.75) is 51.7 Å². The van der Waals surface area contributed by atoms with Crippen LogP contribution in [-0.2, 0) is 11.2 Å². The predicted molar refractivity (Wildman–Crippen MR) is 104 cm³/mol. The number of carbonyl (C=O) groups excluding carboxylic acids is 1. The summed E-state index contributed by atoms with van der Waals surface area (Å²) in [5.74, 6) is 0.268. The quantitative estimate of drug-likeness (QED) is 0.412. The molecule has 2 aromatic rings. The number of nitrogens with one attached hydrogen (secondary N) is 1. The summed E-state index contributed by atoms with van der Waals surface area (Å²) in [4.78, 5) is 31.5. The maximum atomic E-state index is 12.7. The molecule has 142 valence electrons. The van der Waals surface area contributed by atoms with E-state index in [0.29, 0.717) is 17.3 Å². The number of Topliss-reactive ketones (excluding diaryl/α,β-unsaturated/α-hetero) is 1. The maximum Gasteiger partial charge on any atom is 0.251 e. The maximum absolute atomic E-state index is 12.7. The van der Waals surface area contributed by atoms with E-state index in [2.05, 4.69) is 21.5 Å². The van der Waals surface area contributed by atoms with Gasteiger partial charge in [0.15, 0.2) is 10.9 Å². The van der Waals surface area contributed by atoms with Gasteiger partial charge < -0.3 is 14.3 Å². The minimum Gasteiger partial charge on any atom is -0.383 e. The molecule has 0 saturated carbocycles. The van der Waals surface area contributed by atoms with Gasteiger partial charge in [0.1, 0.15) is 0 Å². The summed E-state index contributed by atoms with van der Waals surface area (Å²) in [6.07, 6.45) is 1.68. The summed E-state index contributed by atoms with van der Waals surface area (Å²) in [5.41, 5.74) is 3.28. The lowest BCUT2D eigenvalue weighted by Gasteiger charge is -2.17. The lowest BCUT2D eigenvalue weighted by molar-refractivity contribution is 0.102. The van der Waals surface area contributed by atoms with Crippen LogP contribution in [0.4, 0.5) is 0 Å². The predicted octanol–water partition coefficient (Wildman–Crippen LogP) is 3.32. The van der Waals surface area contributed by atoms with Gasteiger partial charge >= 0.3 is 0 Å². The number of aromatic amines is 1. The number of aromatic nitrogens is 3. The summed E-state index contributed by atoms with van der Waals surface area (Å²) in [6.45, 7) is 8.66. The minimum absolute atomic E-state index is 0.0301. The zero-order valence-corrected chi connectivity index (χ0v) is 16.9. The summed E-state index contributed by atoms with van der Waals surface area (Å²) in [6, 6.07) is 3.60. The topological polar surface area (TPSA) is 77.0 Å². The molecule has 0 bridgehead atoms. The van der Waals surface area contributed by atoms with E-state index < -0.39 is 0 Å². The van der Waals surface area contributed by atoms with Gasteiger partial charge in [-0.05, 0) is 33.3 Å². The number of ketones is 1. The molecule has 26 heavy (non-hydrogen) atoms. The van der Waals surface area contributed by atoms with E-state index in [1.807, 2.05) is 26.8 Å². The van der Waals surface area contributed by atoms with Crippen LogP contribution in [0.5, 0.6) is 0 Å². The SMILES string of the molecule is CCCc1cc(=O)[nH]c(SCC(=O)c2cc(C)n([C@@H](C)COC)c2C)n1. The highest BCUT2D eigenvalue weighted by molar-refractivity contribution is 7.99. The van der Waals surface area contributed by atoms with Gasteiger partial charge in [-0.1, -0.05) is 25.1 Å². The molecule has 7 heteroatoms. The van der Waals surface area contributed by atoms with Crippen molar-refractivity contribution in [1.29, 1.82) is 0 Å². The number of thioether (sulfide) groups is 1. The lowest BCUT2D eigenvalue weighted by atomic mass is 10.2. The van der Waals surface area contributed by atoms with Gasteiger partial charge in [-0.15, -0.1) is 0 Å². The van der Waals surface area contributed by atoms with Gasteiger partial charge in [0.25, 0.3) is 5.56 Å². The van der Waals surface area contributed by atoms with Crippen LogP contribution in [0.25, 0.3) is 0 Å². The number of nitrogens with zero attached hydrogens (tertiary/aromatic N) is 2. The van der Waals surface area contributed by atoms with Crippen molar-refractivity contribution in [1.82, 2.24) is 14.5 Å². The smallest absolute Gasteiger partial charge is 0.251 e. The molecule has 0 radical (unpaired) electrons. The first-order valence-electron chi connectivity index (χ1n) is 8.81. The average molecular weight is 378 g/mol. The molecular formula is C19H27N3O3S. The third-order valence-corrected chi connectivity index (χ3v) is 5.13. The van der Waals surface area contributed by atoms with Crippen LogP contribution in [-0.4, -0.2) is 39.8 Å². The Balaban J connectivity index is 2.14. The summed E-state index contributed by atoms with van der Waals surface area (Å²) < 4.78 is 7.36. The Hall–Kier alpha value is -1.86. The van der Waals surface area contributed by atoms with Crippen LogP contribution in [0.1, 0.15) is 53.7 Å². The average Bonchev–Trinajstić information content (AvgIpc) is 2.87. The fourth-order valence-electron chi connectivity index (χ4n) is 3.20. The summed E-state index contributed by atoms with van der Waals surface area (Å²) in [7, 11) is 1.67. The molecule has 0 spiro atoms. The zero-order chi connectivity index (χ0) is 19.3. The van der Waals surface area contributed by atoms with Crippen molar-refractivity contribution in [3.8, 4) is 0 Å². The van der Waals surface area contributed by atoms with Crippen LogP contribution < -0.4 is 5.56 Å². The molecule has 1 atom stereocenters. The number of ether oxygens (including phenoxy) is 1. The Morgan fingerprint density at radius 1 is 1.38 bits per heavy atom. The second-order valence-electron chi connectivity index (χ2n) is 6.46. The van der Waals surface area contributed by atoms with Crippen molar-refractivity contribution in [3.63, 3.8) is 0 Å². The van der Waals surface area contributed by atoms with Crippen molar-refractivity contribution in [2.24, 2.45) is 0 Å². The highest BCUT2D eigenvalue weighted by Crippen LogP contribution is 2.23. The van der Waals surface area contributed by atoms with Crippen molar-refractivity contribution >= 4 is 17.5 Å². The Morgan fingerprint density at radius 3 is 2.77 bits per heavy atom. The fourth-order valence-corrected chi connectivity index (χ4v) is 3.98. The van der Waals surface area contributed by atoms with E-state index in [4.69, 9.17) is 4.74 Å². The highest BCUT2D eigenvalue weighted by Gasteiger charge is 2.19. The Morgan fingerprint density at radius 2 is 2.12 bits per heavy atom. The third kappa shape index (κ3) is 4.86. The molecule has 0 saturated heterocycles. The number of H-pyrrole nitrogens is 1. The van der Waals surface area contributed by atoms with Crippen molar-refractivity contribution in [2.75, 3.05) is 19.5 Å². The van der Waals surface area contributed by atoms with Crippen molar-refractivity contribution < 1.29 is 9.53 Å². The molecule has 6 nitrogen and oxygen atoms in total. The molecule has 2 heterocycles. The zero-order valence-electron chi connectivity index (χ0n) is 16.1. The Kier molecular flexibility index (Phi) is 7.23. The minimum atomic E-state index is -0.176. The van der Waals surface area contributed by atoms with E-state index in [1.165, 1.54) is 17.8 Å². The molecule has 1 N–H and O–H groups in total. The molecule has 2 aromatic heterocycles. The Labute approximate surface area is 158 Å². The monoisotopic (exact) mass is 377 g/mol. The number of aryl methyl sites for hydroxylation is 2. The molecule has 0 aliphatic heterocycles. The molecule has 0 fully saturated rings. The van der Waals surface area contributed by atoms with Crippen LogP contribution in [0, 0.1) is 13.8 Å². The van der Waals surface area contributed by atoms with Crippen LogP contribution in [0.2, 0.25) is 0 Å². The van der Waals surface area contributed by atoms with E-state index in [-0.39, 0.29) is 23.1 Å². The van der Waals surface area contributed by atoms with E-state index in [0.717, 1.165) is 29.9 Å². The van der Waals surface area contributed by atoms with Gasteiger partial charge in [0.2, 0.25) is 0 Å². The second kappa shape index (κ2) is 9.19. The fraction of sp³-hybridized carbons (Fsp3) is 0.526. The number of hydrogen-bond donors (Lipinski definition) is 1. The standard InChI is InChI=1S/C19H27N3O3S/c1-6-7-15-9-18(24)21-19(20-15)26-11-17(23)16-8-12(2)22(14(16)4)13(3)10-25-5/h8-9,13H,6-7,10-11H2,1-5H3,(H,20,21,24)/t13-/m0/s1. The number of rotatable bonds is 9. The second-order valence-corrected chi connectivity index (χ2v) is 7.43. The number of carbonyl (C=O) groups is 1. The van der Waals surface area contributed by atoms with E-state index >= 15 is 0 Å². The van der Waals surface area contributed by atoms with Crippen molar-refractivity contribution in [3.05, 3.63) is 45.1 Å². The third-order valence-electron chi connectivity index (χ3n) is 4.25. The first-order chi connectivity index (χ1) is 12.4. The highest BCUT2D eigenvalue weighted by atomic mass is 32.2. The van der Waals surface area contributed by atoms with Gasteiger partial charge in [-0.25, -0.2) is 4.98 Å². The molecule has 0 unspecified atom stereocenters. The molecule has 0 aromatic carbocycles. The van der Waals surface area contributed by atoms with Crippen LogP contribution in [0.3, 0.4) is 0 Å². The summed E-state index contributed by atoms with van der Waals surface area (Å²) >= 11 is 1.27. The molecular weight excluding hydrogens is 350 g/mol. The lowest BCUT2D eigenvalue weighted by Crippen LogP contribution is -2.15. The molecule has 0 amide bonds. The van der Waals surface area contributed by atoms with Gasteiger partial charge in [0.05, 0.1) is 18.4 Å². The molecule has 0 aliphatic carbocycles. The Bertz CT molecular complexity index is 826. The van der Waals surface area contributed by atoms with Gasteiger partial charge in [0, 0.05) is 35.8 Å². The first kappa shape index (κ1) is 20.5. The van der Waals surface area contributed by atoms with Crippen LogP contribution >= 0.6 is 11.8 Å². The number of methoxy groups -OCH3 is 1. The normalized spacial score (nSPS) is 12.3. The van der Waals surface area contributed by atoms with Crippen LogP contribution in [0.15, 0.2) is 22.1 Å².